The van der Waals surface area contributed by atoms with Crippen molar-refractivity contribution < 1.29 is 14.3 Å². The van der Waals surface area contributed by atoms with E-state index in [0.717, 1.165) is 12.8 Å². The van der Waals surface area contributed by atoms with Crippen LogP contribution in [0.3, 0.4) is 0 Å². The van der Waals surface area contributed by atoms with E-state index >= 15 is 0 Å². The number of benzene rings is 1. The van der Waals surface area contributed by atoms with Crippen LogP contribution in [-0.4, -0.2) is 20.8 Å². The van der Waals surface area contributed by atoms with Crippen LogP contribution in [0.15, 0.2) is 36.5 Å². The summed E-state index contributed by atoms with van der Waals surface area (Å²) in [4.78, 5) is 12.2. The van der Waals surface area contributed by atoms with Crippen molar-refractivity contribution in [3.63, 3.8) is 0 Å². The zero-order chi connectivity index (χ0) is 16.9. The summed E-state index contributed by atoms with van der Waals surface area (Å²) in [5.41, 5.74) is 0.394. The molecule has 1 atom stereocenters. The van der Waals surface area contributed by atoms with Gasteiger partial charge in [0, 0.05) is 6.07 Å². The lowest BCUT2D eigenvalue weighted by atomic mass is 9.96. The Balaban J connectivity index is 1.62. The second kappa shape index (κ2) is 7.57. The topological polar surface area (TPSA) is 67.2 Å². The predicted octanol–water partition coefficient (Wildman–Crippen LogP) is 3.59. The number of anilines is 1. The summed E-state index contributed by atoms with van der Waals surface area (Å²) in [5.74, 6) is -0.0926. The van der Waals surface area contributed by atoms with Crippen molar-refractivity contribution in [3.05, 3.63) is 47.9 Å². The molecule has 0 saturated heterocycles. The van der Waals surface area contributed by atoms with Gasteiger partial charge in [0.05, 0.1) is 24.8 Å². The molecule has 2 aromatic rings. The molecule has 128 valence electrons. The molecule has 1 aliphatic carbocycles. The van der Waals surface area contributed by atoms with E-state index in [2.05, 4.69) is 10.4 Å². The number of aliphatic hydroxyl groups excluding tert-OH is 1. The summed E-state index contributed by atoms with van der Waals surface area (Å²) in [6, 6.07) is 7.75. The Labute approximate surface area is 140 Å². The van der Waals surface area contributed by atoms with Gasteiger partial charge < -0.3 is 10.4 Å². The maximum atomic E-state index is 13.2. The normalized spacial score (nSPS) is 16.8. The van der Waals surface area contributed by atoms with E-state index in [1.165, 1.54) is 37.5 Å². The summed E-state index contributed by atoms with van der Waals surface area (Å²) in [7, 11) is 0. The van der Waals surface area contributed by atoms with E-state index in [9.17, 15) is 14.3 Å². The molecule has 0 spiro atoms. The first-order valence-corrected chi connectivity index (χ1v) is 8.40. The molecule has 1 unspecified atom stereocenters. The molecular weight excluding hydrogens is 309 g/mol. The molecule has 3 rings (SSSR count). The first-order valence-electron chi connectivity index (χ1n) is 8.40. The van der Waals surface area contributed by atoms with Crippen molar-refractivity contribution in [2.45, 2.75) is 50.7 Å². The predicted molar refractivity (Wildman–Crippen MR) is 89.0 cm³/mol. The Kier molecular flexibility index (Phi) is 5.25. The molecule has 24 heavy (non-hydrogen) atoms. The lowest BCUT2D eigenvalue weighted by molar-refractivity contribution is -0.118. The van der Waals surface area contributed by atoms with Crippen molar-refractivity contribution in [2.75, 3.05) is 5.32 Å². The minimum atomic E-state index is -1.04. The van der Waals surface area contributed by atoms with Gasteiger partial charge in [0.15, 0.2) is 0 Å². The maximum Gasteiger partial charge on any atom is 0.228 e. The average molecular weight is 331 g/mol. The van der Waals surface area contributed by atoms with Gasteiger partial charge in [-0.3, -0.25) is 4.79 Å². The van der Waals surface area contributed by atoms with Crippen molar-refractivity contribution in [2.24, 2.45) is 0 Å². The highest BCUT2D eigenvalue weighted by molar-refractivity contribution is 5.90. The average Bonchev–Trinajstić information content (AvgIpc) is 3.03. The molecule has 1 aromatic carbocycles. The number of amides is 1. The number of aromatic nitrogens is 2. The van der Waals surface area contributed by atoms with Gasteiger partial charge in [0.1, 0.15) is 11.6 Å². The Morgan fingerprint density at radius 1 is 1.33 bits per heavy atom. The summed E-state index contributed by atoms with van der Waals surface area (Å²) in [6.45, 7) is 0. The number of carbonyl (C=O) groups is 1. The Hall–Kier alpha value is -2.21. The zero-order valence-corrected chi connectivity index (χ0v) is 13.5. The van der Waals surface area contributed by atoms with Crippen LogP contribution in [0.2, 0.25) is 0 Å². The quantitative estimate of drug-likeness (QED) is 0.880. The van der Waals surface area contributed by atoms with Crippen molar-refractivity contribution in [1.82, 2.24) is 9.78 Å². The molecule has 1 fully saturated rings. The molecular formula is C18H22FN3O2. The number of hydrogen-bond donors (Lipinski definition) is 2. The zero-order valence-electron chi connectivity index (χ0n) is 13.5. The SMILES string of the molecule is O=C(CC(O)c1cccc(F)c1)Nc1ccnn1C1CCCCC1. The van der Waals surface area contributed by atoms with Gasteiger partial charge in [-0.2, -0.15) is 5.10 Å². The number of nitrogens with one attached hydrogen (secondary N) is 1. The van der Waals surface area contributed by atoms with Crippen LogP contribution < -0.4 is 5.32 Å². The second-order valence-corrected chi connectivity index (χ2v) is 6.28. The van der Waals surface area contributed by atoms with Crippen LogP contribution in [0.5, 0.6) is 0 Å². The van der Waals surface area contributed by atoms with Crippen LogP contribution in [0.4, 0.5) is 10.2 Å². The summed E-state index contributed by atoms with van der Waals surface area (Å²) < 4.78 is 15.1. The minimum absolute atomic E-state index is 0.126. The third kappa shape index (κ3) is 4.00. The van der Waals surface area contributed by atoms with Gasteiger partial charge >= 0.3 is 0 Å². The van der Waals surface area contributed by atoms with Crippen LogP contribution >= 0.6 is 0 Å². The third-order valence-corrected chi connectivity index (χ3v) is 4.47. The van der Waals surface area contributed by atoms with Gasteiger partial charge in [0.25, 0.3) is 0 Å². The number of aliphatic hydroxyl groups is 1. The van der Waals surface area contributed by atoms with E-state index < -0.39 is 11.9 Å². The smallest absolute Gasteiger partial charge is 0.228 e. The highest BCUT2D eigenvalue weighted by atomic mass is 19.1. The van der Waals surface area contributed by atoms with Crippen LogP contribution in [-0.2, 0) is 4.79 Å². The van der Waals surface area contributed by atoms with Crippen molar-refractivity contribution in [1.29, 1.82) is 0 Å². The monoisotopic (exact) mass is 331 g/mol. The highest BCUT2D eigenvalue weighted by Crippen LogP contribution is 2.30. The fraction of sp³-hybridized carbons (Fsp3) is 0.444. The molecule has 0 radical (unpaired) electrons. The highest BCUT2D eigenvalue weighted by Gasteiger charge is 2.20. The second-order valence-electron chi connectivity index (χ2n) is 6.28. The lowest BCUT2D eigenvalue weighted by Crippen LogP contribution is -2.21. The molecule has 2 N–H and O–H groups in total. The maximum absolute atomic E-state index is 13.2. The van der Waals surface area contributed by atoms with Crippen LogP contribution in [0, 0.1) is 5.82 Å². The Morgan fingerprint density at radius 2 is 2.12 bits per heavy atom. The summed E-state index contributed by atoms with van der Waals surface area (Å²) in [5, 5.41) is 17.3. The number of halogens is 1. The van der Waals surface area contributed by atoms with Gasteiger partial charge in [-0.1, -0.05) is 31.4 Å². The molecule has 0 bridgehead atoms. The van der Waals surface area contributed by atoms with E-state index in [4.69, 9.17) is 0 Å². The van der Waals surface area contributed by atoms with E-state index in [-0.39, 0.29) is 12.3 Å². The minimum Gasteiger partial charge on any atom is -0.388 e. The number of nitrogens with zero attached hydrogens (tertiary/aromatic N) is 2. The first kappa shape index (κ1) is 16.6. The van der Waals surface area contributed by atoms with Gasteiger partial charge in [-0.05, 0) is 30.5 Å². The van der Waals surface area contributed by atoms with Crippen LogP contribution in [0.1, 0.15) is 56.2 Å². The molecule has 1 saturated carbocycles. The lowest BCUT2D eigenvalue weighted by Gasteiger charge is -2.24. The van der Waals surface area contributed by atoms with Gasteiger partial charge in [-0.15, -0.1) is 0 Å². The largest absolute Gasteiger partial charge is 0.388 e. The third-order valence-electron chi connectivity index (χ3n) is 4.47. The fourth-order valence-electron chi connectivity index (χ4n) is 3.23. The van der Waals surface area contributed by atoms with E-state index in [1.807, 2.05) is 4.68 Å². The van der Waals surface area contributed by atoms with E-state index in [1.54, 1.807) is 18.3 Å². The van der Waals surface area contributed by atoms with Crippen molar-refractivity contribution in [3.8, 4) is 0 Å². The Bertz CT molecular complexity index is 695. The van der Waals surface area contributed by atoms with E-state index in [0.29, 0.717) is 17.4 Å². The molecule has 0 aliphatic heterocycles. The molecule has 1 aromatic heterocycles. The fourth-order valence-corrected chi connectivity index (χ4v) is 3.23. The van der Waals surface area contributed by atoms with Crippen LogP contribution in [0.25, 0.3) is 0 Å². The van der Waals surface area contributed by atoms with Gasteiger partial charge in [0.2, 0.25) is 5.91 Å². The molecule has 1 heterocycles. The first-order chi connectivity index (χ1) is 11.6. The number of rotatable bonds is 5. The molecule has 1 aliphatic rings. The number of hydrogen-bond acceptors (Lipinski definition) is 3. The number of carbonyl (C=O) groups excluding carboxylic acids is 1. The van der Waals surface area contributed by atoms with Gasteiger partial charge in [-0.25, -0.2) is 9.07 Å². The standard InChI is InChI=1S/C18H22FN3O2/c19-14-6-4-5-13(11-14)16(23)12-18(24)21-17-9-10-20-22(17)15-7-2-1-3-8-15/h4-6,9-11,15-16,23H,1-3,7-8,12H2,(H,21,24). The van der Waals surface area contributed by atoms with Crippen molar-refractivity contribution >= 4 is 11.7 Å². The Morgan fingerprint density at radius 3 is 2.88 bits per heavy atom. The molecule has 6 heteroatoms. The molecule has 1 amide bonds. The molecule has 5 nitrogen and oxygen atoms in total. The summed E-state index contributed by atoms with van der Waals surface area (Å²) >= 11 is 0. The summed E-state index contributed by atoms with van der Waals surface area (Å²) in [6.07, 6.45) is 6.25.